The van der Waals surface area contributed by atoms with Gasteiger partial charge in [-0.15, -0.1) is 4.40 Å². The minimum atomic E-state index is -3.92. The SMILES string of the molecule is CC(=O)NC1(CCC(C)C)C(=O)C(C2=NS(O)(O)c3cc(NS(C)(=O)=O)ccc3N2)=C(O)c2ccccc21. The molecule has 0 aromatic heterocycles. The Morgan fingerprint density at radius 2 is 1.87 bits per heavy atom. The van der Waals surface area contributed by atoms with Crippen LogP contribution in [0.25, 0.3) is 5.76 Å². The minimum absolute atomic E-state index is 0.0911. The maximum Gasteiger partial charge on any atom is 0.229 e. The number of aliphatic hydroxyl groups excluding tert-OH is 1. The van der Waals surface area contributed by atoms with Crippen LogP contribution in [-0.2, 0) is 25.2 Å². The number of benzene rings is 2. The number of anilines is 2. The molecule has 204 valence electrons. The molecular weight excluding hydrogens is 532 g/mol. The van der Waals surface area contributed by atoms with Crippen molar-refractivity contribution in [3.8, 4) is 0 Å². The monoisotopic (exact) mass is 562 g/mol. The molecule has 0 spiro atoms. The standard InChI is InChI=1S/C25H30N4O7S2/c1-14(2)11-12-25(27-15(3)30)18-8-6-5-7-17(18)22(31)21(23(25)32)24-26-19-10-9-16(28-37(4,33)34)13-20(19)38(35,36)29-24/h5-10,13-14,28,31,35-36H,11-12H2,1-4H3,(H,26,29)(H,27,30). The number of amidine groups is 1. The zero-order valence-corrected chi connectivity index (χ0v) is 22.9. The molecule has 1 unspecified atom stereocenters. The normalized spacial score (nSPS) is 21.1. The van der Waals surface area contributed by atoms with Crippen LogP contribution in [0, 0.1) is 5.92 Å². The molecule has 13 heteroatoms. The Balaban J connectivity index is 1.88. The van der Waals surface area contributed by atoms with E-state index in [-0.39, 0.29) is 40.0 Å². The van der Waals surface area contributed by atoms with E-state index in [2.05, 4.69) is 19.8 Å². The lowest BCUT2D eigenvalue weighted by Crippen LogP contribution is -2.55. The second-order valence-electron chi connectivity index (χ2n) is 9.79. The summed E-state index contributed by atoms with van der Waals surface area (Å²) in [5, 5.41) is 17.0. The summed E-state index contributed by atoms with van der Waals surface area (Å²) < 4.78 is 51.3. The van der Waals surface area contributed by atoms with Crippen LogP contribution in [0.4, 0.5) is 11.4 Å². The third-order valence-corrected chi connectivity index (χ3v) is 8.24. The van der Waals surface area contributed by atoms with E-state index in [0.29, 0.717) is 17.5 Å². The fourth-order valence-corrected chi connectivity index (χ4v) is 6.41. The first kappa shape index (κ1) is 27.6. The molecular formula is C25H30N4O7S2. The average Bonchev–Trinajstić information content (AvgIpc) is 2.80. The smallest absolute Gasteiger partial charge is 0.229 e. The van der Waals surface area contributed by atoms with Gasteiger partial charge in [-0.1, -0.05) is 48.9 Å². The molecule has 11 nitrogen and oxygen atoms in total. The van der Waals surface area contributed by atoms with Gasteiger partial charge in [0.2, 0.25) is 15.9 Å². The zero-order valence-electron chi connectivity index (χ0n) is 21.3. The van der Waals surface area contributed by atoms with Crippen LogP contribution in [-0.4, -0.2) is 46.4 Å². The zero-order chi connectivity index (χ0) is 28.0. The summed E-state index contributed by atoms with van der Waals surface area (Å²) in [5.41, 5.74) is -0.834. The highest BCUT2D eigenvalue weighted by Gasteiger charge is 2.50. The van der Waals surface area contributed by atoms with Gasteiger partial charge in [0.25, 0.3) is 0 Å². The van der Waals surface area contributed by atoms with Gasteiger partial charge in [0.15, 0.2) is 11.6 Å². The first-order valence-corrected chi connectivity index (χ1v) is 15.2. The number of carbonyl (C=O) groups is 2. The average molecular weight is 563 g/mol. The highest BCUT2D eigenvalue weighted by Crippen LogP contribution is 2.57. The number of rotatable bonds is 7. The Labute approximate surface area is 222 Å². The van der Waals surface area contributed by atoms with Crippen LogP contribution in [0.5, 0.6) is 0 Å². The molecule has 1 aliphatic heterocycles. The van der Waals surface area contributed by atoms with Crippen molar-refractivity contribution in [1.29, 1.82) is 0 Å². The molecule has 0 radical (unpaired) electrons. The van der Waals surface area contributed by atoms with Crippen molar-refractivity contribution < 1.29 is 32.2 Å². The Morgan fingerprint density at radius 3 is 2.50 bits per heavy atom. The minimum Gasteiger partial charge on any atom is -0.506 e. The van der Waals surface area contributed by atoms with Crippen molar-refractivity contribution in [2.45, 2.75) is 44.0 Å². The highest BCUT2D eigenvalue weighted by molar-refractivity contribution is 8.23. The molecule has 2 aromatic carbocycles. The van der Waals surface area contributed by atoms with E-state index in [0.717, 1.165) is 6.26 Å². The quantitative estimate of drug-likeness (QED) is 0.290. The summed E-state index contributed by atoms with van der Waals surface area (Å²) in [6.45, 7) is 5.28. The van der Waals surface area contributed by atoms with Crippen molar-refractivity contribution in [1.82, 2.24) is 5.32 Å². The molecule has 0 saturated carbocycles. The maximum absolute atomic E-state index is 14.2. The number of amides is 1. The number of ketones is 1. The second kappa shape index (κ2) is 9.73. The van der Waals surface area contributed by atoms with Gasteiger partial charge in [-0.3, -0.25) is 23.4 Å². The van der Waals surface area contributed by atoms with E-state index in [9.17, 15) is 32.2 Å². The van der Waals surface area contributed by atoms with Crippen molar-refractivity contribution in [2.75, 3.05) is 16.3 Å². The van der Waals surface area contributed by atoms with Gasteiger partial charge in [0, 0.05) is 12.5 Å². The largest absolute Gasteiger partial charge is 0.506 e. The van der Waals surface area contributed by atoms with Crippen LogP contribution in [0.1, 0.15) is 44.7 Å². The molecule has 2 aliphatic rings. The Hall–Kier alpha value is -3.39. The van der Waals surface area contributed by atoms with E-state index in [1.54, 1.807) is 24.3 Å². The number of hydrogen-bond acceptors (Lipinski definition) is 9. The fraction of sp³-hybridized carbons (Fsp3) is 0.320. The third-order valence-electron chi connectivity index (χ3n) is 6.27. The number of aliphatic hydroxyl groups is 1. The van der Waals surface area contributed by atoms with E-state index in [1.165, 1.54) is 25.1 Å². The van der Waals surface area contributed by atoms with Crippen LogP contribution >= 0.6 is 10.8 Å². The molecule has 1 atom stereocenters. The topological polar surface area (TPSA) is 177 Å². The summed E-state index contributed by atoms with van der Waals surface area (Å²) in [6.07, 6.45) is 1.77. The first-order chi connectivity index (χ1) is 17.6. The molecule has 38 heavy (non-hydrogen) atoms. The van der Waals surface area contributed by atoms with Crippen LogP contribution in [0.2, 0.25) is 0 Å². The number of carbonyl (C=O) groups excluding carboxylic acids is 2. The second-order valence-corrected chi connectivity index (χ2v) is 13.2. The molecule has 2 aromatic rings. The third kappa shape index (κ3) is 5.14. The van der Waals surface area contributed by atoms with Crippen molar-refractivity contribution in [3.05, 3.63) is 59.2 Å². The van der Waals surface area contributed by atoms with Crippen LogP contribution in [0.3, 0.4) is 0 Å². The van der Waals surface area contributed by atoms with Crippen molar-refractivity contribution in [2.24, 2.45) is 10.3 Å². The van der Waals surface area contributed by atoms with Gasteiger partial charge >= 0.3 is 0 Å². The maximum atomic E-state index is 14.2. The number of nitrogens with zero attached hydrogens (tertiary/aromatic N) is 1. The highest BCUT2D eigenvalue weighted by atomic mass is 32.3. The number of hydrogen-bond donors (Lipinski definition) is 6. The van der Waals surface area contributed by atoms with Gasteiger partial charge < -0.3 is 15.7 Å². The van der Waals surface area contributed by atoms with Gasteiger partial charge in [0.05, 0.1) is 17.6 Å². The number of fused-ring (bicyclic) bond motifs is 2. The molecule has 6 N–H and O–H groups in total. The molecule has 1 aliphatic carbocycles. The van der Waals surface area contributed by atoms with E-state index >= 15 is 0 Å². The number of nitrogens with one attached hydrogen (secondary N) is 3. The number of Topliss-reactive ketones (excluding diaryl/α,β-unsaturated/α-hetero) is 1. The van der Waals surface area contributed by atoms with Gasteiger partial charge in [-0.25, -0.2) is 8.42 Å². The first-order valence-electron chi connectivity index (χ1n) is 11.8. The lowest BCUT2D eigenvalue weighted by molar-refractivity contribution is -0.129. The Morgan fingerprint density at radius 1 is 1.18 bits per heavy atom. The molecule has 1 amide bonds. The predicted octanol–water partition coefficient (Wildman–Crippen LogP) is 4.23. The summed E-state index contributed by atoms with van der Waals surface area (Å²) >= 11 is 0. The lowest BCUT2D eigenvalue weighted by atomic mass is 9.71. The Kier molecular flexibility index (Phi) is 7.08. The van der Waals surface area contributed by atoms with E-state index in [4.69, 9.17) is 0 Å². The number of sulfonamides is 1. The van der Waals surface area contributed by atoms with Crippen LogP contribution < -0.4 is 15.4 Å². The van der Waals surface area contributed by atoms with Crippen molar-refractivity contribution >= 4 is 55.5 Å². The van der Waals surface area contributed by atoms with Crippen molar-refractivity contribution in [3.63, 3.8) is 0 Å². The van der Waals surface area contributed by atoms with Gasteiger partial charge in [-0.2, -0.15) is 0 Å². The molecule has 0 bridgehead atoms. The van der Waals surface area contributed by atoms with Gasteiger partial charge in [0.1, 0.15) is 21.8 Å². The summed E-state index contributed by atoms with van der Waals surface area (Å²) in [7, 11) is -7.55. The Bertz CT molecular complexity index is 1500. The summed E-state index contributed by atoms with van der Waals surface area (Å²) in [6, 6.07) is 10.7. The summed E-state index contributed by atoms with van der Waals surface area (Å²) in [5.74, 6) is -1.60. The van der Waals surface area contributed by atoms with Gasteiger partial charge in [-0.05, 0) is 42.5 Å². The molecule has 0 saturated heterocycles. The van der Waals surface area contributed by atoms with E-state index in [1.807, 2.05) is 13.8 Å². The fourth-order valence-electron chi connectivity index (χ4n) is 4.66. The molecule has 0 fully saturated rings. The summed E-state index contributed by atoms with van der Waals surface area (Å²) in [4.78, 5) is 26.5. The molecule has 4 rings (SSSR count). The lowest BCUT2D eigenvalue weighted by Gasteiger charge is -2.41. The van der Waals surface area contributed by atoms with E-state index < -0.39 is 43.8 Å². The predicted molar refractivity (Wildman–Crippen MR) is 148 cm³/mol. The molecule has 1 heterocycles. The van der Waals surface area contributed by atoms with Crippen LogP contribution in [0.15, 0.2) is 57.3 Å².